The first-order chi connectivity index (χ1) is 15.1. The molecule has 3 aromatic carbocycles. The minimum atomic E-state index is -0.0667. The lowest BCUT2D eigenvalue weighted by Gasteiger charge is -2.14. The fourth-order valence-electron chi connectivity index (χ4n) is 3.60. The van der Waals surface area contributed by atoms with Crippen LogP contribution in [0.25, 0.3) is 10.6 Å². The summed E-state index contributed by atoms with van der Waals surface area (Å²) in [6.45, 7) is 2.06. The predicted octanol–water partition coefficient (Wildman–Crippen LogP) is 6.30. The molecule has 0 fully saturated rings. The Bertz CT molecular complexity index is 1350. The van der Waals surface area contributed by atoms with Crippen LogP contribution in [0.1, 0.15) is 31.9 Å². The van der Waals surface area contributed by atoms with Gasteiger partial charge in [0, 0.05) is 32.8 Å². The van der Waals surface area contributed by atoms with Gasteiger partial charge >= 0.3 is 0 Å². The number of hydrogen-bond acceptors (Lipinski definition) is 5. The van der Waals surface area contributed by atoms with Gasteiger partial charge in [0.1, 0.15) is 5.01 Å². The van der Waals surface area contributed by atoms with Gasteiger partial charge in [0.05, 0.1) is 22.9 Å². The van der Waals surface area contributed by atoms with Crippen molar-refractivity contribution in [3.05, 3.63) is 94.0 Å². The smallest absolute Gasteiger partial charge is 0.256 e. The second kappa shape index (κ2) is 8.03. The van der Waals surface area contributed by atoms with Gasteiger partial charge in [-0.25, -0.2) is 4.98 Å². The largest absolute Gasteiger partial charge is 0.321 e. The molecule has 6 heteroatoms. The summed E-state index contributed by atoms with van der Waals surface area (Å²) in [5.41, 5.74) is 5.50. The standard InChI is InChI=1S/C25H17N3OS2/c1-15-18(12-19-14-27-25(30-19)17-8-6-16(13-26)7-9-17)10-11-22-23(15)28-24(29)20-4-2-3-5-21(20)31-22/h2-11,14H,12H2,1H3,(H,28,29). The van der Waals surface area contributed by atoms with Crippen molar-refractivity contribution >= 4 is 34.7 Å². The third kappa shape index (κ3) is 3.74. The van der Waals surface area contributed by atoms with Gasteiger partial charge in [0.25, 0.3) is 5.91 Å². The SMILES string of the molecule is Cc1c(Cc2cnc(-c3ccc(C#N)cc3)s2)ccc2c1NC(=O)c1ccccc1S2. The molecule has 0 spiro atoms. The molecule has 0 radical (unpaired) electrons. The van der Waals surface area contributed by atoms with Gasteiger partial charge in [-0.15, -0.1) is 11.3 Å². The Morgan fingerprint density at radius 1 is 1.03 bits per heavy atom. The van der Waals surface area contributed by atoms with E-state index in [2.05, 4.69) is 35.4 Å². The van der Waals surface area contributed by atoms with Gasteiger partial charge in [-0.2, -0.15) is 5.26 Å². The number of fused-ring (bicyclic) bond motifs is 2. The van der Waals surface area contributed by atoms with Gasteiger partial charge in [-0.3, -0.25) is 4.79 Å². The van der Waals surface area contributed by atoms with Gasteiger partial charge in [0.2, 0.25) is 0 Å². The summed E-state index contributed by atoms with van der Waals surface area (Å²) < 4.78 is 0. The van der Waals surface area contributed by atoms with Crippen molar-refractivity contribution in [2.24, 2.45) is 0 Å². The van der Waals surface area contributed by atoms with Crippen LogP contribution in [0.4, 0.5) is 5.69 Å². The molecule has 1 amide bonds. The van der Waals surface area contributed by atoms with Gasteiger partial charge in [-0.05, 0) is 48.4 Å². The predicted molar refractivity (Wildman–Crippen MR) is 125 cm³/mol. The number of anilines is 1. The maximum atomic E-state index is 12.7. The summed E-state index contributed by atoms with van der Waals surface area (Å²) in [4.78, 5) is 20.5. The van der Waals surface area contributed by atoms with Crippen molar-refractivity contribution in [2.75, 3.05) is 5.32 Å². The Hall–Kier alpha value is -3.40. The third-order valence-electron chi connectivity index (χ3n) is 5.31. The topological polar surface area (TPSA) is 65.8 Å². The molecule has 1 aliphatic heterocycles. The van der Waals surface area contributed by atoms with Crippen LogP contribution in [0.5, 0.6) is 0 Å². The van der Waals surface area contributed by atoms with Gasteiger partial charge in [-0.1, -0.05) is 42.1 Å². The zero-order chi connectivity index (χ0) is 21.4. The quantitative estimate of drug-likeness (QED) is 0.407. The molecule has 2 heterocycles. The number of nitrogens with zero attached hydrogens (tertiary/aromatic N) is 2. The monoisotopic (exact) mass is 439 g/mol. The molecular weight excluding hydrogens is 422 g/mol. The molecule has 0 saturated carbocycles. The van der Waals surface area contributed by atoms with Crippen LogP contribution in [0, 0.1) is 18.3 Å². The average Bonchev–Trinajstić information content (AvgIpc) is 3.21. The van der Waals surface area contributed by atoms with Crippen molar-refractivity contribution in [2.45, 2.75) is 23.1 Å². The number of carbonyl (C=O) groups excluding carboxylic acids is 1. The van der Waals surface area contributed by atoms with E-state index in [1.54, 1.807) is 23.1 Å². The number of hydrogen-bond donors (Lipinski definition) is 1. The van der Waals surface area contributed by atoms with Crippen molar-refractivity contribution in [3.8, 4) is 16.6 Å². The molecule has 5 rings (SSSR count). The fourth-order valence-corrected chi connectivity index (χ4v) is 5.64. The minimum Gasteiger partial charge on any atom is -0.321 e. The van der Waals surface area contributed by atoms with Gasteiger partial charge in [0.15, 0.2) is 0 Å². The lowest BCUT2D eigenvalue weighted by molar-refractivity contribution is 0.102. The molecule has 0 saturated heterocycles. The van der Waals surface area contributed by atoms with Crippen LogP contribution in [-0.4, -0.2) is 10.9 Å². The molecule has 0 atom stereocenters. The summed E-state index contributed by atoms with van der Waals surface area (Å²) in [6, 6.07) is 21.6. The Balaban J connectivity index is 1.43. The Kier molecular flexibility index (Phi) is 5.06. The van der Waals surface area contributed by atoms with Crippen LogP contribution in [0.2, 0.25) is 0 Å². The molecule has 1 aliphatic rings. The van der Waals surface area contributed by atoms with Crippen molar-refractivity contribution in [3.63, 3.8) is 0 Å². The highest BCUT2D eigenvalue weighted by molar-refractivity contribution is 7.99. The van der Waals surface area contributed by atoms with Crippen LogP contribution >= 0.6 is 23.1 Å². The normalized spacial score (nSPS) is 12.3. The Morgan fingerprint density at radius 3 is 2.65 bits per heavy atom. The second-order valence-electron chi connectivity index (χ2n) is 7.27. The van der Waals surface area contributed by atoms with Crippen LogP contribution in [0.3, 0.4) is 0 Å². The molecule has 150 valence electrons. The van der Waals surface area contributed by atoms with E-state index in [1.807, 2.05) is 54.7 Å². The van der Waals surface area contributed by atoms with Crippen LogP contribution in [0.15, 0.2) is 76.7 Å². The van der Waals surface area contributed by atoms with E-state index in [-0.39, 0.29) is 5.91 Å². The lowest BCUT2D eigenvalue weighted by Crippen LogP contribution is -2.13. The number of benzene rings is 3. The first kappa shape index (κ1) is 19.6. The van der Waals surface area contributed by atoms with Crippen molar-refractivity contribution < 1.29 is 4.79 Å². The summed E-state index contributed by atoms with van der Waals surface area (Å²) >= 11 is 3.27. The lowest BCUT2D eigenvalue weighted by atomic mass is 10.0. The fraction of sp³-hybridized carbons (Fsp3) is 0.0800. The second-order valence-corrected chi connectivity index (χ2v) is 9.47. The highest BCUT2D eigenvalue weighted by atomic mass is 32.2. The van der Waals surface area contributed by atoms with Crippen LogP contribution in [-0.2, 0) is 6.42 Å². The van der Waals surface area contributed by atoms with Gasteiger partial charge < -0.3 is 5.32 Å². The van der Waals surface area contributed by atoms with Crippen LogP contribution < -0.4 is 5.32 Å². The Morgan fingerprint density at radius 2 is 1.84 bits per heavy atom. The first-order valence-corrected chi connectivity index (χ1v) is 11.4. The third-order valence-corrected chi connectivity index (χ3v) is 7.49. The number of rotatable bonds is 3. The van der Waals surface area contributed by atoms with E-state index in [9.17, 15) is 4.79 Å². The molecule has 0 aliphatic carbocycles. The van der Waals surface area contributed by atoms with E-state index in [0.29, 0.717) is 11.1 Å². The van der Waals surface area contributed by atoms with E-state index in [0.717, 1.165) is 42.9 Å². The Labute approximate surface area is 188 Å². The maximum absolute atomic E-state index is 12.7. The number of thiazole rings is 1. The molecule has 0 unspecified atom stereocenters. The number of amides is 1. The van der Waals surface area contributed by atoms with E-state index >= 15 is 0 Å². The molecule has 4 nitrogen and oxygen atoms in total. The highest BCUT2D eigenvalue weighted by Gasteiger charge is 2.22. The minimum absolute atomic E-state index is 0.0667. The summed E-state index contributed by atoms with van der Waals surface area (Å²) in [5, 5.41) is 13.0. The van der Waals surface area contributed by atoms with Crippen molar-refractivity contribution in [1.29, 1.82) is 5.26 Å². The number of nitrogens with one attached hydrogen (secondary N) is 1. The maximum Gasteiger partial charge on any atom is 0.256 e. The summed E-state index contributed by atoms with van der Waals surface area (Å²) in [5.74, 6) is -0.0667. The number of aromatic nitrogens is 1. The number of carbonyl (C=O) groups is 1. The van der Waals surface area contributed by atoms with E-state index in [4.69, 9.17) is 5.26 Å². The zero-order valence-corrected chi connectivity index (χ0v) is 18.3. The molecule has 31 heavy (non-hydrogen) atoms. The molecule has 1 aromatic heterocycles. The van der Waals surface area contributed by atoms with Crippen molar-refractivity contribution in [1.82, 2.24) is 4.98 Å². The average molecular weight is 440 g/mol. The molecular formula is C25H17N3OS2. The van der Waals surface area contributed by atoms with E-state index < -0.39 is 0 Å². The molecule has 1 N–H and O–H groups in total. The molecule has 0 bridgehead atoms. The summed E-state index contributed by atoms with van der Waals surface area (Å²) in [6.07, 6.45) is 2.66. The zero-order valence-electron chi connectivity index (χ0n) is 16.7. The molecule has 4 aromatic rings. The highest BCUT2D eigenvalue weighted by Crippen LogP contribution is 2.41. The summed E-state index contributed by atoms with van der Waals surface area (Å²) in [7, 11) is 0. The first-order valence-electron chi connectivity index (χ1n) is 9.78. The van der Waals surface area contributed by atoms with E-state index in [1.165, 1.54) is 5.56 Å². The number of nitriles is 1.